The first-order chi connectivity index (χ1) is 13.7. The van der Waals surface area contributed by atoms with Crippen LogP contribution in [0, 0.1) is 5.82 Å². The summed E-state index contributed by atoms with van der Waals surface area (Å²) in [5.41, 5.74) is 1.53. The van der Waals surface area contributed by atoms with Crippen molar-refractivity contribution in [2.75, 3.05) is 22.5 Å². The molecule has 1 aliphatic rings. The monoisotopic (exact) mass is 482 g/mol. The first kappa shape index (κ1) is 21.4. The molecular formula is C20H20BrFN2O4S. The SMILES string of the molecule is CCC(=O)N1CCc2cc(S(=O)(=O)CCC(=O)Nc3ccc(Br)cc3F)ccc21. The molecule has 1 aliphatic heterocycles. The van der Waals surface area contributed by atoms with Gasteiger partial charge in [-0.2, -0.15) is 0 Å². The van der Waals surface area contributed by atoms with Crippen molar-refractivity contribution in [3.05, 3.63) is 52.3 Å². The summed E-state index contributed by atoms with van der Waals surface area (Å²) in [6.45, 7) is 2.32. The average Bonchev–Trinajstić information content (AvgIpc) is 3.11. The van der Waals surface area contributed by atoms with E-state index in [1.54, 1.807) is 30.0 Å². The van der Waals surface area contributed by atoms with E-state index in [0.29, 0.717) is 23.9 Å². The van der Waals surface area contributed by atoms with Crippen molar-refractivity contribution in [2.45, 2.75) is 31.1 Å². The quantitative estimate of drug-likeness (QED) is 0.680. The molecule has 1 heterocycles. The Morgan fingerprint density at radius 1 is 1.21 bits per heavy atom. The molecule has 0 unspecified atom stereocenters. The number of hydrogen-bond donors (Lipinski definition) is 1. The van der Waals surface area contributed by atoms with Gasteiger partial charge in [0.05, 0.1) is 16.3 Å². The Labute approximate surface area is 177 Å². The van der Waals surface area contributed by atoms with E-state index in [-0.39, 0.29) is 22.9 Å². The number of nitrogens with one attached hydrogen (secondary N) is 1. The molecule has 0 saturated carbocycles. The fourth-order valence-electron chi connectivity index (χ4n) is 3.17. The largest absolute Gasteiger partial charge is 0.324 e. The molecule has 0 radical (unpaired) electrons. The highest BCUT2D eigenvalue weighted by atomic mass is 79.9. The number of halogens is 2. The Hall–Kier alpha value is -2.26. The van der Waals surface area contributed by atoms with Gasteiger partial charge in [-0.25, -0.2) is 12.8 Å². The highest BCUT2D eigenvalue weighted by Gasteiger charge is 2.26. The first-order valence-corrected chi connectivity index (χ1v) is 11.6. The molecule has 0 bridgehead atoms. The van der Waals surface area contributed by atoms with E-state index < -0.39 is 27.3 Å². The fraction of sp³-hybridized carbons (Fsp3) is 0.300. The number of sulfone groups is 1. The number of carbonyl (C=O) groups excluding carboxylic acids is 2. The fourth-order valence-corrected chi connectivity index (χ4v) is 4.79. The van der Waals surface area contributed by atoms with E-state index in [4.69, 9.17) is 0 Å². The third-order valence-corrected chi connectivity index (χ3v) is 6.92. The van der Waals surface area contributed by atoms with Crippen LogP contribution in [-0.4, -0.2) is 32.5 Å². The number of rotatable bonds is 6. The lowest BCUT2D eigenvalue weighted by Crippen LogP contribution is -2.27. The van der Waals surface area contributed by atoms with Crippen molar-refractivity contribution >= 4 is 49.0 Å². The van der Waals surface area contributed by atoms with Gasteiger partial charge >= 0.3 is 0 Å². The maximum atomic E-state index is 13.8. The first-order valence-electron chi connectivity index (χ1n) is 9.12. The molecule has 0 atom stereocenters. The van der Waals surface area contributed by atoms with Crippen LogP contribution in [0.5, 0.6) is 0 Å². The molecule has 2 aromatic rings. The van der Waals surface area contributed by atoms with E-state index in [2.05, 4.69) is 21.2 Å². The van der Waals surface area contributed by atoms with Crippen LogP contribution in [0.2, 0.25) is 0 Å². The van der Waals surface area contributed by atoms with Crippen LogP contribution in [0.25, 0.3) is 0 Å². The standard InChI is InChI=1S/C20H20BrFN2O4S/c1-2-20(26)24-9-7-13-11-15(4-6-18(13)24)29(27,28)10-8-19(25)23-17-5-3-14(21)12-16(17)22/h3-6,11-12H,2,7-10H2,1H3,(H,23,25). The summed E-state index contributed by atoms with van der Waals surface area (Å²) in [4.78, 5) is 25.8. The highest BCUT2D eigenvalue weighted by Crippen LogP contribution is 2.31. The normalized spacial score (nSPS) is 13.3. The summed E-state index contributed by atoms with van der Waals surface area (Å²) in [6.07, 6.45) is 0.677. The molecule has 29 heavy (non-hydrogen) atoms. The zero-order valence-corrected chi connectivity index (χ0v) is 18.1. The maximum absolute atomic E-state index is 13.8. The molecule has 3 rings (SSSR count). The highest BCUT2D eigenvalue weighted by molar-refractivity contribution is 9.10. The number of carbonyl (C=O) groups is 2. The van der Waals surface area contributed by atoms with Gasteiger partial charge in [0, 0.05) is 29.5 Å². The summed E-state index contributed by atoms with van der Waals surface area (Å²) in [5, 5.41) is 2.38. The lowest BCUT2D eigenvalue weighted by atomic mass is 10.2. The van der Waals surface area contributed by atoms with Gasteiger partial charge in [-0.15, -0.1) is 0 Å². The second kappa shape index (κ2) is 8.62. The van der Waals surface area contributed by atoms with E-state index in [1.165, 1.54) is 18.2 Å². The maximum Gasteiger partial charge on any atom is 0.226 e. The van der Waals surface area contributed by atoms with Crippen molar-refractivity contribution in [1.82, 2.24) is 0 Å². The van der Waals surface area contributed by atoms with Gasteiger partial charge in [0.1, 0.15) is 5.82 Å². The molecule has 2 amide bonds. The van der Waals surface area contributed by atoms with Crippen LogP contribution in [0.3, 0.4) is 0 Å². The van der Waals surface area contributed by atoms with Gasteiger partial charge in [0.15, 0.2) is 9.84 Å². The van der Waals surface area contributed by atoms with Gasteiger partial charge in [-0.1, -0.05) is 22.9 Å². The number of amides is 2. The summed E-state index contributed by atoms with van der Waals surface area (Å²) < 4.78 is 39.6. The Balaban J connectivity index is 1.67. The van der Waals surface area contributed by atoms with Crippen LogP contribution < -0.4 is 10.2 Å². The van der Waals surface area contributed by atoms with Crippen LogP contribution in [0.4, 0.5) is 15.8 Å². The van der Waals surface area contributed by atoms with Gasteiger partial charge in [0.25, 0.3) is 0 Å². The molecule has 1 N–H and O–H groups in total. The zero-order valence-electron chi connectivity index (χ0n) is 15.7. The lowest BCUT2D eigenvalue weighted by Gasteiger charge is -2.16. The van der Waals surface area contributed by atoms with Crippen molar-refractivity contribution in [2.24, 2.45) is 0 Å². The van der Waals surface area contributed by atoms with Crippen molar-refractivity contribution in [3.63, 3.8) is 0 Å². The predicted molar refractivity (Wildman–Crippen MR) is 112 cm³/mol. The van der Waals surface area contributed by atoms with Crippen molar-refractivity contribution in [3.8, 4) is 0 Å². The van der Waals surface area contributed by atoms with Gasteiger partial charge < -0.3 is 10.2 Å². The molecule has 0 aliphatic carbocycles. The topological polar surface area (TPSA) is 83.6 Å². The Kier molecular flexibility index (Phi) is 6.38. The molecule has 0 saturated heterocycles. The molecule has 0 aromatic heterocycles. The molecule has 0 fully saturated rings. The number of benzene rings is 2. The Morgan fingerprint density at radius 2 is 1.97 bits per heavy atom. The van der Waals surface area contributed by atoms with E-state index in [9.17, 15) is 22.4 Å². The molecule has 154 valence electrons. The minimum absolute atomic E-state index is 0.00352. The third-order valence-electron chi connectivity index (χ3n) is 4.71. The molecule has 9 heteroatoms. The van der Waals surface area contributed by atoms with Gasteiger partial charge in [0.2, 0.25) is 11.8 Å². The second-order valence-corrected chi connectivity index (χ2v) is 9.71. The van der Waals surface area contributed by atoms with Crippen LogP contribution in [0.1, 0.15) is 25.3 Å². The van der Waals surface area contributed by atoms with Crippen molar-refractivity contribution < 1.29 is 22.4 Å². The van der Waals surface area contributed by atoms with E-state index in [0.717, 1.165) is 11.3 Å². The average molecular weight is 483 g/mol. The van der Waals surface area contributed by atoms with Gasteiger partial charge in [-0.05, 0) is 48.4 Å². The lowest BCUT2D eigenvalue weighted by molar-refractivity contribution is -0.118. The molecule has 2 aromatic carbocycles. The Morgan fingerprint density at radius 3 is 2.66 bits per heavy atom. The minimum atomic E-state index is -3.69. The van der Waals surface area contributed by atoms with E-state index >= 15 is 0 Å². The number of anilines is 2. The van der Waals surface area contributed by atoms with Gasteiger partial charge in [-0.3, -0.25) is 9.59 Å². The van der Waals surface area contributed by atoms with Crippen molar-refractivity contribution in [1.29, 1.82) is 0 Å². The molecule has 6 nitrogen and oxygen atoms in total. The van der Waals surface area contributed by atoms with E-state index in [1.807, 2.05) is 0 Å². The number of hydrogen-bond acceptors (Lipinski definition) is 4. The number of fused-ring (bicyclic) bond motifs is 1. The second-order valence-electron chi connectivity index (χ2n) is 6.68. The third kappa shape index (κ3) is 4.84. The smallest absolute Gasteiger partial charge is 0.226 e. The summed E-state index contributed by atoms with van der Waals surface area (Å²) >= 11 is 3.13. The van der Waals surface area contributed by atoms with Crippen LogP contribution in [-0.2, 0) is 25.8 Å². The summed E-state index contributed by atoms with van der Waals surface area (Å²) in [6, 6.07) is 8.85. The number of nitrogens with zero attached hydrogens (tertiary/aromatic N) is 1. The van der Waals surface area contributed by atoms with Crippen LogP contribution >= 0.6 is 15.9 Å². The Bertz CT molecular complexity index is 1070. The minimum Gasteiger partial charge on any atom is -0.324 e. The molecular weight excluding hydrogens is 463 g/mol. The molecule has 0 spiro atoms. The summed E-state index contributed by atoms with van der Waals surface area (Å²) in [7, 11) is -3.69. The van der Waals surface area contributed by atoms with Crippen LogP contribution in [0.15, 0.2) is 45.8 Å². The summed E-state index contributed by atoms with van der Waals surface area (Å²) in [5.74, 6) is -1.60. The zero-order chi connectivity index (χ0) is 21.2. The predicted octanol–water partition coefficient (Wildman–Crippen LogP) is 3.69.